The normalized spacial score (nSPS) is 11.2. The van der Waals surface area contributed by atoms with Gasteiger partial charge >= 0.3 is 0 Å². The molecule has 1 amide bonds. The van der Waals surface area contributed by atoms with Gasteiger partial charge in [0.2, 0.25) is 5.91 Å². The van der Waals surface area contributed by atoms with Gasteiger partial charge in [0.15, 0.2) is 5.16 Å². The molecule has 0 radical (unpaired) electrons. The number of hydrogen-bond acceptors (Lipinski definition) is 5. The van der Waals surface area contributed by atoms with Crippen LogP contribution in [0, 0.1) is 6.92 Å². The summed E-state index contributed by atoms with van der Waals surface area (Å²) in [5, 5.41) is 3.39. The number of aromatic nitrogens is 3. The van der Waals surface area contributed by atoms with Crippen LogP contribution in [0.25, 0.3) is 11.0 Å². The lowest BCUT2D eigenvalue weighted by atomic mass is 10.1. The number of nitrogens with one attached hydrogen (secondary N) is 2. The molecule has 0 aliphatic heterocycles. The standard InChI is InChI=1S/C24H26N4O3S/c1-3-4-6-17-8-10-18(11-9-17)26-21(29)15-32-24-27-20-13-16(2)25-22(20)23(30)28(24)14-19-7-5-12-31-19/h5,7-13,25H,3-4,6,14-15H2,1-2H3,(H,26,29). The number of carbonyl (C=O) groups is 1. The Hall–Kier alpha value is -3.26. The molecule has 2 N–H and O–H groups in total. The summed E-state index contributed by atoms with van der Waals surface area (Å²) in [6, 6.07) is 13.4. The van der Waals surface area contributed by atoms with E-state index < -0.39 is 0 Å². The van der Waals surface area contributed by atoms with E-state index in [9.17, 15) is 9.59 Å². The molecular formula is C24H26N4O3S. The van der Waals surface area contributed by atoms with Gasteiger partial charge in [-0.05, 0) is 55.7 Å². The number of anilines is 1. The largest absolute Gasteiger partial charge is 0.467 e. The van der Waals surface area contributed by atoms with Crippen LogP contribution in [0.3, 0.4) is 0 Å². The molecular weight excluding hydrogens is 424 g/mol. The van der Waals surface area contributed by atoms with Crippen molar-refractivity contribution in [2.24, 2.45) is 0 Å². The molecule has 4 rings (SSSR count). The van der Waals surface area contributed by atoms with Crippen molar-refractivity contribution in [3.05, 3.63) is 76.1 Å². The van der Waals surface area contributed by atoms with Crippen LogP contribution in [0.1, 0.15) is 36.8 Å². The number of unbranched alkanes of at least 4 members (excludes halogenated alkanes) is 1. The van der Waals surface area contributed by atoms with Crippen LogP contribution in [0.15, 0.2) is 63.1 Å². The Morgan fingerprint density at radius 1 is 1.25 bits per heavy atom. The minimum absolute atomic E-state index is 0.136. The average molecular weight is 451 g/mol. The maximum absolute atomic E-state index is 13.1. The summed E-state index contributed by atoms with van der Waals surface area (Å²) in [6.07, 6.45) is 4.92. The van der Waals surface area contributed by atoms with Crippen LogP contribution in [0.2, 0.25) is 0 Å². The lowest BCUT2D eigenvalue weighted by Crippen LogP contribution is -2.24. The highest BCUT2D eigenvalue weighted by atomic mass is 32.2. The molecule has 1 aromatic carbocycles. The van der Waals surface area contributed by atoms with E-state index in [1.165, 1.54) is 21.9 Å². The fraction of sp³-hybridized carbons (Fsp3) is 0.292. The molecule has 32 heavy (non-hydrogen) atoms. The minimum atomic E-state index is -0.190. The van der Waals surface area contributed by atoms with Crippen LogP contribution in [0.5, 0.6) is 0 Å². The van der Waals surface area contributed by atoms with Crippen LogP contribution in [0.4, 0.5) is 5.69 Å². The third-order valence-corrected chi connectivity index (χ3v) is 6.10. The number of aromatic amines is 1. The summed E-state index contributed by atoms with van der Waals surface area (Å²) in [5.74, 6) is 0.628. The quantitative estimate of drug-likeness (QED) is 0.284. The van der Waals surface area contributed by atoms with Crippen LogP contribution >= 0.6 is 11.8 Å². The van der Waals surface area contributed by atoms with Gasteiger partial charge in [0, 0.05) is 11.4 Å². The molecule has 3 aromatic heterocycles. The lowest BCUT2D eigenvalue weighted by Gasteiger charge is -2.11. The maximum atomic E-state index is 13.1. The van der Waals surface area contributed by atoms with Gasteiger partial charge in [-0.2, -0.15) is 0 Å². The number of fused-ring (bicyclic) bond motifs is 1. The summed E-state index contributed by atoms with van der Waals surface area (Å²) >= 11 is 1.23. The Morgan fingerprint density at radius 3 is 2.78 bits per heavy atom. The number of nitrogens with zero attached hydrogens (tertiary/aromatic N) is 2. The molecule has 166 valence electrons. The number of aryl methyl sites for hydroxylation is 2. The van der Waals surface area contributed by atoms with Gasteiger partial charge in [0.25, 0.3) is 5.56 Å². The molecule has 0 saturated heterocycles. The van der Waals surface area contributed by atoms with Gasteiger partial charge in [0.1, 0.15) is 11.3 Å². The highest BCUT2D eigenvalue weighted by molar-refractivity contribution is 7.99. The van der Waals surface area contributed by atoms with Crippen molar-refractivity contribution in [1.82, 2.24) is 14.5 Å². The molecule has 0 aliphatic carbocycles. The minimum Gasteiger partial charge on any atom is -0.467 e. The van der Waals surface area contributed by atoms with Crippen molar-refractivity contribution in [1.29, 1.82) is 0 Å². The number of hydrogen-bond donors (Lipinski definition) is 2. The first kappa shape index (κ1) is 22.0. The molecule has 0 spiro atoms. The van der Waals surface area contributed by atoms with Gasteiger partial charge in [-0.3, -0.25) is 14.2 Å². The monoisotopic (exact) mass is 450 g/mol. The second-order valence-corrected chi connectivity index (χ2v) is 8.66. The maximum Gasteiger partial charge on any atom is 0.278 e. The van der Waals surface area contributed by atoms with E-state index in [4.69, 9.17) is 4.42 Å². The van der Waals surface area contributed by atoms with E-state index in [1.54, 1.807) is 12.3 Å². The summed E-state index contributed by atoms with van der Waals surface area (Å²) in [6.45, 7) is 4.30. The molecule has 0 unspecified atom stereocenters. The SMILES string of the molecule is CCCCc1ccc(NC(=O)CSc2nc3cc(C)[nH]c3c(=O)n2Cc2ccco2)cc1. The van der Waals surface area contributed by atoms with Crippen molar-refractivity contribution in [2.75, 3.05) is 11.1 Å². The number of furan rings is 1. The zero-order valence-electron chi connectivity index (χ0n) is 18.2. The predicted molar refractivity (Wildman–Crippen MR) is 127 cm³/mol. The van der Waals surface area contributed by atoms with Gasteiger partial charge in [0.05, 0.1) is 24.1 Å². The lowest BCUT2D eigenvalue weighted by molar-refractivity contribution is -0.113. The molecule has 0 atom stereocenters. The Bertz CT molecular complexity index is 1260. The van der Waals surface area contributed by atoms with Crippen LogP contribution in [-0.2, 0) is 17.8 Å². The summed E-state index contributed by atoms with van der Waals surface area (Å²) in [4.78, 5) is 33.3. The molecule has 0 saturated carbocycles. The smallest absolute Gasteiger partial charge is 0.278 e. The number of rotatable bonds is 9. The highest BCUT2D eigenvalue weighted by Gasteiger charge is 2.16. The topological polar surface area (TPSA) is 92.9 Å². The molecule has 0 fully saturated rings. The molecule has 7 nitrogen and oxygen atoms in total. The zero-order valence-corrected chi connectivity index (χ0v) is 19.0. The summed E-state index contributed by atoms with van der Waals surface area (Å²) < 4.78 is 6.96. The molecule has 8 heteroatoms. The van der Waals surface area contributed by atoms with Gasteiger partial charge in [-0.25, -0.2) is 4.98 Å². The van der Waals surface area contributed by atoms with Crippen LogP contribution < -0.4 is 10.9 Å². The van der Waals surface area contributed by atoms with Gasteiger partial charge < -0.3 is 14.7 Å². The van der Waals surface area contributed by atoms with Gasteiger partial charge in [-0.1, -0.05) is 37.2 Å². The predicted octanol–water partition coefficient (Wildman–Crippen LogP) is 4.75. The number of thioether (sulfide) groups is 1. The van der Waals surface area contributed by atoms with Gasteiger partial charge in [-0.15, -0.1) is 0 Å². The second kappa shape index (κ2) is 9.91. The molecule has 0 aliphatic rings. The van der Waals surface area contributed by atoms with E-state index >= 15 is 0 Å². The number of amides is 1. The first-order chi connectivity index (χ1) is 15.5. The fourth-order valence-corrected chi connectivity index (χ4v) is 4.28. The average Bonchev–Trinajstić information content (AvgIpc) is 3.43. The molecule has 0 bridgehead atoms. The Morgan fingerprint density at radius 2 is 2.06 bits per heavy atom. The zero-order chi connectivity index (χ0) is 22.5. The summed E-state index contributed by atoms with van der Waals surface area (Å²) in [7, 11) is 0. The van der Waals surface area contributed by atoms with E-state index in [-0.39, 0.29) is 23.8 Å². The number of carbonyl (C=O) groups excluding carboxylic acids is 1. The van der Waals surface area contributed by atoms with E-state index in [2.05, 4.69) is 22.2 Å². The highest BCUT2D eigenvalue weighted by Crippen LogP contribution is 2.20. The molecule has 3 heterocycles. The van der Waals surface area contributed by atoms with Crippen molar-refractivity contribution in [2.45, 2.75) is 44.8 Å². The van der Waals surface area contributed by atoms with Crippen LogP contribution in [-0.4, -0.2) is 26.2 Å². The summed E-state index contributed by atoms with van der Waals surface area (Å²) in [5.41, 5.74) is 3.73. The second-order valence-electron chi connectivity index (χ2n) is 7.71. The van der Waals surface area contributed by atoms with Crippen molar-refractivity contribution >= 4 is 34.4 Å². The van der Waals surface area contributed by atoms with E-state index in [0.29, 0.717) is 22.0 Å². The van der Waals surface area contributed by atoms with Crippen molar-refractivity contribution in [3.8, 4) is 0 Å². The number of benzene rings is 1. The Balaban J connectivity index is 1.49. The third-order valence-electron chi connectivity index (χ3n) is 5.12. The van der Waals surface area contributed by atoms with E-state index in [1.807, 2.05) is 43.3 Å². The van der Waals surface area contributed by atoms with Crippen molar-refractivity contribution in [3.63, 3.8) is 0 Å². The van der Waals surface area contributed by atoms with Crippen molar-refractivity contribution < 1.29 is 9.21 Å². The first-order valence-corrected chi connectivity index (χ1v) is 11.7. The Labute approximate surface area is 190 Å². The number of H-pyrrole nitrogens is 1. The fourth-order valence-electron chi connectivity index (χ4n) is 3.48. The molecule has 4 aromatic rings. The first-order valence-electron chi connectivity index (χ1n) is 10.7. The Kier molecular flexibility index (Phi) is 6.80. The van der Waals surface area contributed by atoms with E-state index in [0.717, 1.165) is 30.6 Å². The third kappa shape index (κ3) is 5.13.